The SMILES string of the molecule is CN1CCOC1=O.Cl. The van der Waals surface area contributed by atoms with Crippen molar-refractivity contribution in [3.63, 3.8) is 0 Å². The summed E-state index contributed by atoms with van der Waals surface area (Å²) in [6.45, 7) is 1.29. The Bertz CT molecular complexity index is 96.0. The smallest absolute Gasteiger partial charge is 0.409 e. The summed E-state index contributed by atoms with van der Waals surface area (Å²) in [5.41, 5.74) is 0. The van der Waals surface area contributed by atoms with Crippen LogP contribution in [0.15, 0.2) is 0 Å². The lowest BCUT2D eigenvalue weighted by Gasteiger charge is -1.98. The normalized spacial score (nSPS) is 17.6. The number of ether oxygens (including phenoxy) is 1. The van der Waals surface area contributed by atoms with E-state index in [0.29, 0.717) is 6.61 Å². The van der Waals surface area contributed by atoms with E-state index in [1.807, 2.05) is 0 Å². The summed E-state index contributed by atoms with van der Waals surface area (Å²) in [6.07, 6.45) is -0.208. The van der Waals surface area contributed by atoms with Crippen molar-refractivity contribution in [2.45, 2.75) is 0 Å². The van der Waals surface area contributed by atoms with Crippen LogP contribution in [0.5, 0.6) is 0 Å². The molecule has 1 amide bonds. The summed E-state index contributed by atoms with van der Waals surface area (Å²) in [4.78, 5) is 11.8. The quantitative estimate of drug-likeness (QED) is 0.486. The molecule has 0 spiro atoms. The Morgan fingerprint density at radius 3 is 2.50 bits per heavy atom. The molecule has 1 saturated heterocycles. The fourth-order valence-electron chi connectivity index (χ4n) is 0.471. The van der Waals surface area contributed by atoms with E-state index in [1.54, 1.807) is 11.9 Å². The van der Waals surface area contributed by atoms with Crippen molar-refractivity contribution < 1.29 is 9.53 Å². The molecular formula is C4H8ClNO2. The molecule has 48 valence electrons. The van der Waals surface area contributed by atoms with Crippen LogP contribution in [0, 0.1) is 0 Å². The molecule has 0 aromatic rings. The zero-order chi connectivity index (χ0) is 5.28. The highest BCUT2D eigenvalue weighted by Crippen LogP contribution is 1.96. The lowest BCUT2D eigenvalue weighted by atomic mass is 10.7. The summed E-state index contributed by atoms with van der Waals surface area (Å²) >= 11 is 0. The van der Waals surface area contributed by atoms with Gasteiger partial charge in [0.1, 0.15) is 6.61 Å². The van der Waals surface area contributed by atoms with Crippen LogP contribution in [-0.2, 0) is 4.74 Å². The first-order valence-corrected chi connectivity index (χ1v) is 2.18. The minimum Gasteiger partial charge on any atom is -0.448 e. The molecule has 0 aromatic carbocycles. The highest BCUT2D eigenvalue weighted by Gasteiger charge is 2.15. The standard InChI is InChI=1S/C4H7NO2.ClH/c1-5-2-3-7-4(5)6;/h2-3H2,1H3;1H. The molecule has 0 bridgehead atoms. The Balaban J connectivity index is 0.000000490. The maximum atomic E-state index is 10.3. The van der Waals surface area contributed by atoms with Crippen molar-refractivity contribution in [2.24, 2.45) is 0 Å². The van der Waals surface area contributed by atoms with Crippen LogP contribution in [-0.4, -0.2) is 31.2 Å². The van der Waals surface area contributed by atoms with Gasteiger partial charge in [0.05, 0.1) is 6.54 Å². The zero-order valence-corrected chi connectivity index (χ0v) is 5.40. The predicted octanol–water partition coefficient (Wildman–Crippen LogP) is 0.490. The lowest BCUT2D eigenvalue weighted by Crippen LogP contribution is -2.17. The zero-order valence-electron chi connectivity index (χ0n) is 4.59. The van der Waals surface area contributed by atoms with Gasteiger partial charge in [-0.25, -0.2) is 4.79 Å². The topological polar surface area (TPSA) is 29.5 Å². The van der Waals surface area contributed by atoms with E-state index < -0.39 is 0 Å². The number of halogens is 1. The molecule has 0 saturated carbocycles. The van der Waals surface area contributed by atoms with Gasteiger partial charge in [-0.2, -0.15) is 0 Å². The molecule has 1 aliphatic heterocycles. The van der Waals surface area contributed by atoms with Crippen molar-refractivity contribution in [1.29, 1.82) is 0 Å². The van der Waals surface area contributed by atoms with Gasteiger partial charge in [0, 0.05) is 7.05 Å². The molecule has 1 rings (SSSR count). The van der Waals surface area contributed by atoms with E-state index in [1.165, 1.54) is 0 Å². The van der Waals surface area contributed by atoms with Crippen LogP contribution in [0.25, 0.3) is 0 Å². The van der Waals surface area contributed by atoms with Crippen LogP contribution in [0.1, 0.15) is 0 Å². The fraction of sp³-hybridized carbons (Fsp3) is 0.750. The Hall–Kier alpha value is -0.440. The molecule has 1 heterocycles. The third kappa shape index (κ3) is 1.26. The molecule has 0 unspecified atom stereocenters. The Morgan fingerprint density at radius 2 is 2.38 bits per heavy atom. The van der Waals surface area contributed by atoms with E-state index in [2.05, 4.69) is 4.74 Å². The van der Waals surface area contributed by atoms with Gasteiger partial charge >= 0.3 is 6.09 Å². The third-order valence-corrected chi connectivity index (χ3v) is 0.964. The summed E-state index contributed by atoms with van der Waals surface area (Å²) < 4.78 is 4.55. The van der Waals surface area contributed by atoms with Crippen molar-refractivity contribution in [3.8, 4) is 0 Å². The summed E-state index contributed by atoms with van der Waals surface area (Å²) in [5.74, 6) is 0. The number of carbonyl (C=O) groups is 1. The van der Waals surface area contributed by atoms with Crippen LogP contribution in [0.4, 0.5) is 4.79 Å². The van der Waals surface area contributed by atoms with Crippen molar-refractivity contribution >= 4 is 18.5 Å². The van der Waals surface area contributed by atoms with Crippen molar-refractivity contribution in [3.05, 3.63) is 0 Å². The minimum absolute atomic E-state index is 0. The second kappa shape index (κ2) is 2.77. The van der Waals surface area contributed by atoms with E-state index in [-0.39, 0.29) is 18.5 Å². The first kappa shape index (κ1) is 7.56. The molecule has 1 aliphatic rings. The van der Waals surface area contributed by atoms with Gasteiger partial charge in [0.15, 0.2) is 0 Å². The number of likely N-dealkylation sites (N-methyl/N-ethyl adjacent to an activating group) is 1. The monoisotopic (exact) mass is 137 g/mol. The van der Waals surface area contributed by atoms with E-state index >= 15 is 0 Å². The average Bonchev–Trinajstić information content (AvgIpc) is 1.91. The molecule has 1 fully saturated rings. The second-order valence-corrected chi connectivity index (χ2v) is 1.54. The summed E-state index contributed by atoms with van der Waals surface area (Å²) in [5, 5.41) is 0. The molecule has 3 nitrogen and oxygen atoms in total. The van der Waals surface area contributed by atoms with Gasteiger partial charge in [-0.15, -0.1) is 12.4 Å². The fourth-order valence-corrected chi connectivity index (χ4v) is 0.471. The number of amides is 1. The molecule has 8 heavy (non-hydrogen) atoms. The van der Waals surface area contributed by atoms with E-state index in [4.69, 9.17) is 0 Å². The Kier molecular flexibility index (Phi) is 2.62. The highest BCUT2D eigenvalue weighted by molar-refractivity contribution is 5.85. The van der Waals surface area contributed by atoms with E-state index in [0.717, 1.165) is 6.54 Å². The third-order valence-electron chi connectivity index (χ3n) is 0.964. The average molecular weight is 138 g/mol. The minimum atomic E-state index is -0.208. The maximum absolute atomic E-state index is 10.3. The number of carbonyl (C=O) groups excluding carboxylic acids is 1. The maximum Gasteiger partial charge on any atom is 0.409 e. The van der Waals surface area contributed by atoms with Crippen LogP contribution in [0.3, 0.4) is 0 Å². The van der Waals surface area contributed by atoms with Crippen molar-refractivity contribution in [1.82, 2.24) is 4.90 Å². The van der Waals surface area contributed by atoms with Gasteiger partial charge in [-0.1, -0.05) is 0 Å². The summed E-state index contributed by atoms with van der Waals surface area (Å²) in [6, 6.07) is 0. The first-order valence-electron chi connectivity index (χ1n) is 2.18. The number of nitrogens with zero attached hydrogens (tertiary/aromatic N) is 1. The summed E-state index contributed by atoms with van der Waals surface area (Å²) in [7, 11) is 1.72. The van der Waals surface area contributed by atoms with Crippen LogP contribution in [0.2, 0.25) is 0 Å². The van der Waals surface area contributed by atoms with E-state index in [9.17, 15) is 4.79 Å². The molecule has 0 radical (unpaired) electrons. The molecule has 0 aliphatic carbocycles. The molecule has 0 atom stereocenters. The Morgan fingerprint density at radius 1 is 1.75 bits per heavy atom. The van der Waals surface area contributed by atoms with Gasteiger partial charge < -0.3 is 9.64 Å². The van der Waals surface area contributed by atoms with Crippen molar-refractivity contribution in [2.75, 3.05) is 20.2 Å². The number of hydrogen-bond acceptors (Lipinski definition) is 2. The van der Waals surface area contributed by atoms with Crippen LogP contribution < -0.4 is 0 Å². The molecule has 0 aromatic heterocycles. The van der Waals surface area contributed by atoms with Gasteiger partial charge in [0.2, 0.25) is 0 Å². The second-order valence-electron chi connectivity index (χ2n) is 1.54. The highest BCUT2D eigenvalue weighted by atomic mass is 35.5. The van der Waals surface area contributed by atoms with Crippen LogP contribution >= 0.6 is 12.4 Å². The van der Waals surface area contributed by atoms with Gasteiger partial charge in [-0.05, 0) is 0 Å². The molecule has 4 heteroatoms. The molecular weight excluding hydrogens is 130 g/mol. The predicted molar refractivity (Wildman–Crippen MR) is 31.2 cm³/mol. The number of rotatable bonds is 0. The van der Waals surface area contributed by atoms with Gasteiger partial charge in [-0.3, -0.25) is 0 Å². The first-order chi connectivity index (χ1) is 3.30. The molecule has 0 N–H and O–H groups in total. The Labute approximate surface area is 54.0 Å². The largest absolute Gasteiger partial charge is 0.448 e. The number of cyclic esters (lactones) is 1. The lowest BCUT2D eigenvalue weighted by molar-refractivity contribution is 0.163. The van der Waals surface area contributed by atoms with Gasteiger partial charge in [0.25, 0.3) is 0 Å². The number of hydrogen-bond donors (Lipinski definition) is 0.